The van der Waals surface area contributed by atoms with Gasteiger partial charge in [0.1, 0.15) is 11.3 Å². The van der Waals surface area contributed by atoms with Gasteiger partial charge in [0, 0.05) is 22.9 Å². The molecule has 2 nitrogen and oxygen atoms in total. The van der Waals surface area contributed by atoms with Crippen molar-refractivity contribution in [3.63, 3.8) is 0 Å². The van der Waals surface area contributed by atoms with Gasteiger partial charge in [0.15, 0.2) is 0 Å². The van der Waals surface area contributed by atoms with E-state index < -0.39 is 0 Å². The summed E-state index contributed by atoms with van der Waals surface area (Å²) >= 11 is 0. The number of fused-ring (bicyclic) bond motifs is 1. The Morgan fingerprint density at radius 3 is 2.76 bits per heavy atom. The molecule has 1 fully saturated rings. The lowest BCUT2D eigenvalue weighted by Crippen LogP contribution is -2.44. The largest absolute Gasteiger partial charge is 0.460 e. The van der Waals surface area contributed by atoms with Crippen molar-refractivity contribution in [2.24, 2.45) is 11.7 Å². The molecular weight excluding hydrogens is 210 g/mol. The second-order valence-electron chi connectivity index (χ2n) is 5.16. The molecule has 0 aliphatic heterocycles. The molecule has 1 aliphatic rings. The third-order valence-corrected chi connectivity index (χ3v) is 4.26. The number of furan rings is 1. The van der Waals surface area contributed by atoms with Crippen molar-refractivity contribution >= 4 is 11.0 Å². The zero-order valence-corrected chi connectivity index (χ0v) is 10.4. The van der Waals surface area contributed by atoms with Crippen LogP contribution in [0.5, 0.6) is 0 Å². The quantitative estimate of drug-likeness (QED) is 0.856. The lowest BCUT2D eigenvalue weighted by molar-refractivity contribution is 0.200. The number of aryl methyl sites for hydroxylation is 1. The minimum atomic E-state index is 0.345. The molecule has 1 heterocycles. The van der Waals surface area contributed by atoms with Gasteiger partial charge in [-0.15, -0.1) is 0 Å². The highest BCUT2D eigenvalue weighted by Crippen LogP contribution is 2.45. The molecule has 2 aromatic rings. The third-order valence-electron chi connectivity index (χ3n) is 4.26. The van der Waals surface area contributed by atoms with E-state index in [0.29, 0.717) is 17.9 Å². The van der Waals surface area contributed by atoms with Crippen LogP contribution in [0.1, 0.15) is 37.5 Å². The molecule has 2 N–H and O–H groups in total. The van der Waals surface area contributed by atoms with E-state index in [2.05, 4.69) is 32.0 Å². The van der Waals surface area contributed by atoms with Crippen LogP contribution in [0.3, 0.4) is 0 Å². The molecule has 0 radical (unpaired) electrons. The van der Waals surface area contributed by atoms with E-state index in [1.807, 2.05) is 6.07 Å². The monoisotopic (exact) mass is 229 g/mol. The summed E-state index contributed by atoms with van der Waals surface area (Å²) in [6.07, 6.45) is 2.10. The van der Waals surface area contributed by atoms with Crippen LogP contribution in [0.25, 0.3) is 11.0 Å². The minimum absolute atomic E-state index is 0.345. The fourth-order valence-corrected chi connectivity index (χ4v) is 2.95. The maximum atomic E-state index is 6.06. The Morgan fingerprint density at radius 1 is 1.35 bits per heavy atom. The molecule has 0 amide bonds. The smallest absolute Gasteiger partial charge is 0.134 e. The van der Waals surface area contributed by atoms with Crippen LogP contribution in [0.15, 0.2) is 28.7 Å². The Labute approximate surface area is 102 Å². The zero-order chi connectivity index (χ0) is 12.0. The summed E-state index contributed by atoms with van der Waals surface area (Å²) in [5.41, 5.74) is 8.39. The summed E-state index contributed by atoms with van der Waals surface area (Å²) < 4.78 is 6.06. The SMILES string of the molecule is CCc1c(C2CC(N)C2C)oc2ccccc12. The van der Waals surface area contributed by atoms with E-state index in [0.717, 1.165) is 18.4 Å². The van der Waals surface area contributed by atoms with Gasteiger partial charge in [0.25, 0.3) is 0 Å². The molecule has 90 valence electrons. The van der Waals surface area contributed by atoms with E-state index >= 15 is 0 Å². The van der Waals surface area contributed by atoms with Crippen LogP contribution < -0.4 is 5.73 Å². The van der Waals surface area contributed by atoms with Crippen LogP contribution in [0, 0.1) is 5.92 Å². The number of nitrogens with two attached hydrogens (primary N) is 1. The van der Waals surface area contributed by atoms with Gasteiger partial charge in [0.2, 0.25) is 0 Å². The van der Waals surface area contributed by atoms with Gasteiger partial charge in [-0.05, 0) is 24.8 Å². The Morgan fingerprint density at radius 2 is 2.12 bits per heavy atom. The predicted molar refractivity (Wildman–Crippen MR) is 70.1 cm³/mol. The molecule has 1 aliphatic carbocycles. The summed E-state index contributed by atoms with van der Waals surface area (Å²) in [4.78, 5) is 0. The maximum Gasteiger partial charge on any atom is 0.134 e. The molecule has 1 aromatic heterocycles. The summed E-state index contributed by atoms with van der Waals surface area (Å²) in [5.74, 6) is 2.25. The molecule has 0 bridgehead atoms. The molecule has 2 heteroatoms. The average molecular weight is 229 g/mol. The van der Waals surface area contributed by atoms with Gasteiger partial charge >= 0.3 is 0 Å². The number of benzene rings is 1. The van der Waals surface area contributed by atoms with E-state index in [9.17, 15) is 0 Å². The van der Waals surface area contributed by atoms with Crippen molar-refractivity contribution in [2.75, 3.05) is 0 Å². The first-order valence-corrected chi connectivity index (χ1v) is 6.48. The van der Waals surface area contributed by atoms with E-state index in [-0.39, 0.29) is 0 Å². The Kier molecular flexibility index (Phi) is 2.48. The Hall–Kier alpha value is -1.28. The van der Waals surface area contributed by atoms with Gasteiger partial charge in [0.05, 0.1) is 0 Å². The second-order valence-corrected chi connectivity index (χ2v) is 5.16. The van der Waals surface area contributed by atoms with Crippen LogP contribution >= 0.6 is 0 Å². The van der Waals surface area contributed by atoms with Gasteiger partial charge < -0.3 is 10.2 Å². The highest BCUT2D eigenvalue weighted by molar-refractivity contribution is 5.82. The van der Waals surface area contributed by atoms with E-state index in [1.165, 1.54) is 16.7 Å². The van der Waals surface area contributed by atoms with Gasteiger partial charge in [-0.25, -0.2) is 0 Å². The van der Waals surface area contributed by atoms with Gasteiger partial charge in [-0.3, -0.25) is 0 Å². The number of hydrogen-bond donors (Lipinski definition) is 1. The predicted octanol–water partition coefficient (Wildman–Crippen LogP) is 3.45. The normalized spacial score (nSPS) is 28.3. The van der Waals surface area contributed by atoms with Crippen molar-refractivity contribution < 1.29 is 4.42 Å². The first kappa shape index (κ1) is 10.8. The van der Waals surface area contributed by atoms with E-state index in [4.69, 9.17) is 10.2 Å². The summed E-state index contributed by atoms with van der Waals surface area (Å²) in [5, 5.41) is 1.28. The molecular formula is C15H19NO. The first-order valence-electron chi connectivity index (χ1n) is 6.48. The summed E-state index contributed by atoms with van der Waals surface area (Å²) in [6.45, 7) is 4.43. The molecule has 1 aromatic carbocycles. The van der Waals surface area contributed by atoms with Crippen molar-refractivity contribution in [3.05, 3.63) is 35.6 Å². The Balaban J connectivity index is 2.10. The van der Waals surface area contributed by atoms with Crippen molar-refractivity contribution in [1.82, 2.24) is 0 Å². The maximum absolute atomic E-state index is 6.06. The first-order chi connectivity index (χ1) is 8.22. The number of para-hydroxylation sites is 1. The third kappa shape index (κ3) is 1.51. The molecule has 0 spiro atoms. The standard InChI is InChI=1S/C15H19NO/c1-3-10-11-6-4-5-7-14(11)17-15(10)12-8-13(16)9(12)2/h4-7,9,12-13H,3,8,16H2,1-2H3. The molecule has 0 saturated heterocycles. The summed E-state index contributed by atoms with van der Waals surface area (Å²) in [7, 11) is 0. The van der Waals surface area contributed by atoms with Gasteiger partial charge in [-0.1, -0.05) is 32.0 Å². The van der Waals surface area contributed by atoms with Crippen molar-refractivity contribution in [2.45, 2.75) is 38.6 Å². The highest BCUT2D eigenvalue weighted by atomic mass is 16.3. The average Bonchev–Trinajstić information content (AvgIpc) is 2.72. The lowest BCUT2D eigenvalue weighted by atomic mass is 9.69. The molecule has 3 unspecified atom stereocenters. The molecule has 3 atom stereocenters. The van der Waals surface area contributed by atoms with Crippen LogP contribution in [-0.4, -0.2) is 6.04 Å². The highest BCUT2D eigenvalue weighted by Gasteiger charge is 2.39. The van der Waals surface area contributed by atoms with Crippen LogP contribution in [-0.2, 0) is 6.42 Å². The molecule has 17 heavy (non-hydrogen) atoms. The van der Waals surface area contributed by atoms with Crippen molar-refractivity contribution in [1.29, 1.82) is 0 Å². The van der Waals surface area contributed by atoms with Gasteiger partial charge in [-0.2, -0.15) is 0 Å². The Bertz CT molecular complexity index is 543. The fourth-order valence-electron chi connectivity index (χ4n) is 2.95. The van der Waals surface area contributed by atoms with Crippen LogP contribution in [0.2, 0.25) is 0 Å². The van der Waals surface area contributed by atoms with Crippen molar-refractivity contribution in [3.8, 4) is 0 Å². The second kappa shape index (κ2) is 3.88. The lowest BCUT2D eigenvalue weighted by Gasteiger charge is -2.39. The molecule has 3 rings (SSSR count). The fraction of sp³-hybridized carbons (Fsp3) is 0.467. The summed E-state index contributed by atoms with van der Waals surface area (Å²) in [6, 6.07) is 8.67. The minimum Gasteiger partial charge on any atom is -0.460 e. The molecule has 1 saturated carbocycles. The topological polar surface area (TPSA) is 39.2 Å². The number of hydrogen-bond acceptors (Lipinski definition) is 2. The van der Waals surface area contributed by atoms with E-state index in [1.54, 1.807) is 0 Å². The number of rotatable bonds is 2. The van der Waals surface area contributed by atoms with Crippen LogP contribution in [0.4, 0.5) is 0 Å². The zero-order valence-electron chi connectivity index (χ0n) is 10.4.